The van der Waals surface area contributed by atoms with Crippen LogP contribution in [-0.2, 0) is 16.8 Å². The van der Waals surface area contributed by atoms with E-state index in [-0.39, 0.29) is 11.2 Å². The average Bonchev–Trinajstić information content (AvgIpc) is 2.70. The fourth-order valence-corrected chi connectivity index (χ4v) is 3.16. The minimum absolute atomic E-state index is 0.0717. The van der Waals surface area contributed by atoms with Gasteiger partial charge in [-0.2, -0.15) is 0 Å². The van der Waals surface area contributed by atoms with Crippen LogP contribution in [0.3, 0.4) is 0 Å². The largest absolute Gasteiger partial charge is 0.457 e. The van der Waals surface area contributed by atoms with E-state index >= 15 is 0 Å². The number of rotatable bonds is 8. The fourth-order valence-electron chi connectivity index (χ4n) is 3.16. The smallest absolute Gasteiger partial charge is 0.127 e. The second kappa shape index (κ2) is 9.23. The molecule has 0 spiro atoms. The third kappa shape index (κ3) is 5.91. The van der Waals surface area contributed by atoms with Crippen LogP contribution in [0.2, 0.25) is 0 Å². The highest BCUT2D eigenvalue weighted by Gasteiger charge is 2.21. The molecule has 0 saturated carbocycles. The summed E-state index contributed by atoms with van der Waals surface area (Å²) >= 11 is 0. The van der Waals surface area contributed by atoms with E-state index in [2.05, 4.69) is 52.0 Å². The Morgan fingerprint density at radius 1 is 0.862 bits per heavy atom. The molecule has 2 nitrogen and oxygen atoms in total. The SMILES string of the molecule is CC(C)c1ccc(C(C)(C)COCc2cccc(Oc3ccc(F)cc3)c2)cc1. The molecule has 0 fully saturated rings. The van der Waals surface area contributed by atoms with Gasteiger partial charge < -0.3 is 9.47 Å². The van der Waals surface area contributed by atoms with Crippen molar-refractivity contribution in [3.05, 3.63) is 95.3 Å². The van der Waals surface area contributed by atoms with E-state index in [0.717, 1.165) is 5.56 Å². The zero-order valence-corrected chi connectivity index (χ0v) is 17.6. The van der Waals surface area contributed by atoms with Crippen LogP contribution >= 0.6 is 0 Å². The molecule has 0 heterocycles. The van der Waals surface area contributed by atoms with Gasteiger partial charge in [-0.3, -0.25) is 0 Å². The van der Waals surface area contributed by atoms with Crippen LogP contribution in [0.1, 0.15) is 50.3 Å². The monoisotopic (exact) mass is 392 g/mol. The zero-order chi connectivity index (χ0) is 20.9. The minimum atomic E-state index is -0.277. The van der Waals surface area contributed by atoms with E-state index in [4.69, 9.17) is 9.47 Å². The Morgan fingerprint density at radius 2 is 1.55 bits per heavy atom. The molecule has 0 radical (unpaired) electrons. The van der Waals surface area contributed by atoms with Crippen LogP contribution in [0.4, 0.5) is 4.39 Å². The maximum atomic E-state index is 13.0. The summed E-state index contributed by atoms with van der Waals surface area (Å²) in [5.41, 5.74) is 3.59. The van der Waals surface area contributed by atoms with Crippen molar-refractivity contribution in [1.29, 1.82) is 0 Å². The van der Waals surface area contributed by atoms with Crippen molar-refractivity contribution < 1.29 is 13.9 Å². The summed E-state index contributed by atoms with van der Waals surface area (Å²) < 4.78 is 24.9. The number of halogens is 1. The molecule has 3 rings (SSSR count). The Bertz CT molecular complexity index is 912. The van der Waals surface area contributed by atoms with Gasteiger partial charge in [-0.25, -0.2) is 4.39 Å². The third-order valence-electron chi connectivity index (χ3n) is 5.04. The van der Waals surface area contributed by atoms with Crippen molar-refractivity contribution in [1.82, 2.24) is 0 Å². The number of hydrogen-bond acceptors (Lipinski definition) is 2. The molecule has 0 saturated heterocycles. The Morgan fingerprint density at radius 3 is 2.21 bits per heavy atom. The van der Waals surface area contributed by atoms with Gasteiger partial charge in [0.05, 0.1) is 13.2 Å². The summed E-state index contributed by atoms with van der Waals surface area (Å²) in [5.74, 6) is 1.57. The maximum absolute atomic E-state index is 13.0. The molecule has 0 aliphatic heterocycles. The van der Waals surface area contributed by atoms with Crippen LogP contribution < -0.4 is 4.74 Å². The maximum Gasteiger partial charge on any atom is 0.127 e. The predicted octanol–water partition coefficient (Wildman–Crippen LogP) is 7.24. The number of ether oxygens (including phenoxy) is 2. The van der Waals surface area contributed by atoms with Crippen molar-refractivity contribution in [3.63, 3.8) is 0 Å². The summed E-state index contributed by atoms with van der Waals surface area (Å²) in [6.45, 7) is 9.94. The minimum Gasteiger partial charge on any atom is -0.457 e. The Labute approximate surface area is 173 Å². The first-order valence-corrected chi connectivity index (χ1v) is 10.0. The summed E-state index contributed by atoms with van der Waals surface area (Å²) in [6, 6.07) is 22.6. The van der Waals surface area contributed by atoms with E-state index in [1.54, 1.807) is 12.1 Å². The highest BCUT2D eigenvalue weighted by atomic mass is 19.1. The molecule has 0 bridgehead atoms. The Kier molecular flexibility index (Phi) is 6.71. The fraction of sp³-hybridized carbons (Fsp3) is 0.308. The lowest BCUT2D eigenvalue weighted by Gasteiger charge is -2.25. The van der Waals surface area contributed by atoms with Gasteiger partial charge in [-0.15, -0.1) is 0 Å². The van der Waals surface area contributed by atoms with E-state index in [1.807, 2.05) is 24.3 Å². The molecule has 0 unspecified atom stereocenters. The predicted molar refractivity (Wildman–Crippen MR) is 116 cm³/mol. The molecular formula is C26H29FO2. The first-order chi connectivity index (χ1) is 13.8. The van der Waals surface area contributed by atoms with Gasteiger partial charge >= 0.3 is 0 Å². The quantitative estimate of drug-likeness (QED) is 0.402. The van der Waals surface area contributed by atoms with Gasteiger partial charge in [0, 0.05) is 5.41 Å². The van der Waals surface area contributed by atoms with E-state index in [0.29, 0.717) is 30.6 Å². The van der Waals surface area contributed by atoms with Gasteiger partial charge in [-0.05, 0) is 59.0 Å². The molecule has 0 aliphatic rings. The van der Waals surface area contributed by atoms with Gasteiger partial charge in [0.15, 0.2) is 0 Å². The molecule has 0 amide bonds. The number of hydrogen-bond donors (Lipinski definition) is 0. The van der Waals surface area contributed by atoms with E-state index in [9.17, 15) is 4.39 Å². The molecular weight excluding hydrogens is 363 g/mol. The van der Waals surface area contributed by atoms with Gasteiger partial charge in [0.1, 0.15) is 17.3 Å². The number of benzene rings is 3. The normalized spacial score (nSPS) is 11.7. The molecule has 152 valence electrons. The van der Waals surface area contributed by atoms with Crippen molar-refractivity contribution in [2.45, 2.75) is 45.6 Å². The molecule has 0 N–H and O–H groups in total. The van der Waals surface area contributed by atoms with Crippen LogP contribution in [-0.4, -0.2) is 6.61 Å². The second-order valence-corrected chi connectivity index (χ2v) is 8.36. The molecule has 0 atom stereocenters. The summed E-state index contributed by atoms with van der Waals surface area (Å²) in [4.78, 5) is 0. The first kappa shape index (κ1) is 21.1. The van der Waals surface area contributed by atoms with Gasteiger partial charge in [-0.1, -0.05) is 64.1 Å². The molecule has 3 heteroatoms. The third-order valence-corrected chi connectivity index (χ3v) is 5.04. The molecule has 3 aromatic carbocycles. The van der Waals surface area contributed by atoms with Crippen LogP contribution in [0.5, 0.6) is 11.5 Å². The summed E-state index contributed by atoms with van der Waals surface area (Å²) in [7, 11) is 0. The standard InChI is InChI=1S/C26H29FO2/c1-19(2)21-8-10-22(11-9-21)26(3,4)18-28-17-20-6-5-7-25(16-20)29-24-14-12-23(27)13-15-24/h5-16,19H,17-18H2,1-4H3. The van der Waals surface area contributed by atoms with Crippen molar-refractivity contribution in [3.8, 4) is 11.5 Å². The second-order valence-electron chi connectivity index (χ2n) is 8.36. The van der Waals surface area contributed by atoms with E-state index in [1.165, 1.54) is 23.3 Å². The molecule has 0 aliphatic carbocycles. The van der Waals surface area contributed by atoms with Crippen molar-refractivity contribution >= 4 is 0 Å². The van der Waals surface area contributed by atoms with Crippen LogP contribution in [0, 0.1) is 5.82 Å². The lowest BCUT2D eigenvalue weighted by molar-refractivity contribution is 0.0824. The lowest BCUT2D eigenvalue weighted by Crippen LogP contribution is -2.24. The molecule has 0 aromatic heterocycles. The highest BCUT2D eigenvalue weighted by molar-refractivity contribution is 5.34. The summed E-state index contributed by atoms with van der Waals surface area (Å²) in [5, 5.41) is 0. The Balaban J connectivity index is 1.57. The van der Waals surface area contributed by atoms with Gasteiger partial charge in [0.25, 0.3) is 0 Å². The molecule has 3 aromatic rings. The lowest BCUT2D eigenvalue weighted by atomic mass is 9.84. The van der Waals surface area contributed by atoms with Crippen molar-refractivity contribution in [2.24, 2.45) is 0 Å². The van der Waals surface area contributed by atoms with Crippen molar-refractivity contribution in [2.75, 3.05) is 6.61 Å². The van der Waals surface area contributed by atoms with E-state index < -0.39 is 0 Å². The first-order valence-electron chi connectivity index (χ1n) is 10.0. The molecule has 29 heavy (non-hydrogen) atoms. The van der Waals surface area contributed by atoms with Crippen LogP contribution in [0.15, 0.2) is 72.8 Å². The summed E-state index contributed by atoms with van der Waals surface area (Å²) in [6.07, 6.45) is 0. The average molecular weight is 393 g/mol. The van der Waals surface area contributed by atoms with Gasteiger partial charge in [0.2, 0.25) is 0 Å². The zero-order valence-electron chi connectivity index (χ0n) is 17.6. The van der Waals surface area contributed by atoms with Crippen LogP contribution in [0.25, 0.3) is 0 Å². The topological polar surface area (TPSA) is 18.5 Å². The Hall–Kier alpha value is -2.65. The highest BCUT2D eigenvalue weighted by Crippen LogP contribution is 2.27.